The minimum atomic E-state index is -4.06. The Balaban J connectivity index is 2.35. The molecule has 1 aromatic rings. The Bertz CT molecular complexity index is 770. The van der Waals surface area contributed by atoms with Crippen LogP contribution in [0, 0.1) is 12.8 Å². The van der Waals surface area contributed by atoms with Crippen molar-refractivity contribution in [2.45, 2.75) is 24.7 Å². The van der Waals surface area contributed by atoms with Crippen molar-refractivity contribution in [3.63, 3.8) is 0 Å². The van der Waals surface area contributed by atoms with Gasteiger partial charge in [0.1, 0.15) is 0 Å². The Labute approximate surface area is 119 Å². The average molecular weight is 317 g/mol. The Morgan fingerprint density at radius 1 is 1.24 bits per heavy atom. The minimum Gasteiger partial charge on any atom is -0.481 e. The highest BCUT2D eigenvalue weighted by Gasteiger charge is 2.34. The van der Waals surface area contributed by atoms with Crippen molar-refractivity contribution in [1.82, 2.24) is 14.3 Å². The van der Waals surface area contributed by atoms with Crippen LogP contribution in [0.5, 0.6) is 0 Å². The molecule has 0 unspecified atom stereocenters. The van der Waals surface area contributed by atoms with Crippen LogP contribution >= 0.6 is 0 Å². The summed E-state index contributed by atoms with van der Waals surface area (Å²) in [4.78, 5) is 37.3. The second kappa shape index (κ2) is 5.45. The van der Waals surface area contributed by atoms with E-state index in [2.05, 4.69) is 4.98 Å². The molecule has 3 N–H and O–H groups in total. The molecule has 0 saturated carbocycles. The Hall–Kier alpha value is -1.94. The molecular weight excluding hydrogens is 302 g/mol. The normalized spacial score (nSPS) is 17.8. The molecule has 21 heavy (non-hydrogen) atoms. The first-order valence-corrected chi connectivity index (χ1v) is 7.73. The van der Waals surface area contributed by atoms with Crippen molar-refractivity contribution in [3.05, 3.63) is 26.5 Å². The van der Waals surface area contributed by atoms with Crippen molar-refractivity contribution in [3.8, 4) is 0 Å². The van der Waals surface area contributed by atoms with Gasteiger partial charge in [-0.15, -0.1) is 0 Å². The van der Waals surface area contributed by atoms with E-state index in [-0.39, 0.29) is 31.6 Å². The fourth-order valence-electron chi connectivity index (χ4n) is 2.37. The number of aromatic nitrogens is 2. The zero-order valence-corrected chi connectivity index (χ0v) is 12.1. The quantitative estimate of drug-likeness (QED) is 0.643. The van der Waals surface area contributed by atoms with Crippen LogP contribution < -0.4 is 11.2 Å². The van der Waals surface area contributed by atoms with E-state index in [9.17, 15) is 22.8 Å². The van der Waals surface area contributed by atoms with Gasteiger partial charge >= 0.3 is 11.7 Å². The van der Waals surface area contributed by atoms with E-state index in [4.69, 9.17) is 5.11 Å². The van der Waals surface area contributed by atoms with Gasteiger partial charge in [-0.05, 0) is 19.8 Å². The Morgan fingerprint density at radius 2 is 1.81 bits per heavy atom. The molecule has 1 aromatic heterocycles. The Kier molecular flexibility index (Phi) is 4.01. The third-order valence-electron chi connectivity index (χ3n) is 3.48. The predicted octanol–water partition coefficient (Wildman–Crippen LogP) is -1.14. The third-order valence-corrected chi connectivity index (χ3v) is 5.53. The molecule has 2 heterocycles. The van der Waals surface area contributed by atoms with E-state index in [1.54, 1.807) is 0 Å². The summed E-state index contributed by atoms with van der Waals surface area (Å²) in [6.07, 6.45) is 0.379. The van der Waals surface area contributed by atoms with Crippen LogP contribution in [-0.4, -0.2) is 46.9 Å². The van der Waals surface area contributed by atoms with E-state index in [0.29, 0.717) is 0 Å². The molecule has 0 bridgehead atoms. The highest BCUT2D eigenvalue weighted by atomic mass is 32.2. The second-order valence-corrected chi connectivity index (χ2v) is 6.75. The number of aliphatic carboxylic acids is 1. The zero-order chi connectivity index (χ0) is 15.8. The van der Waals surface area contributed by atoms with Crippen LogP contribution in [-0.2, 0) is 14.8 Å². The highest BCUT2D eigenvalue weighted by molar-refractivity contribution is 7.89. The van der Waals surface area contributed by atoms with E-state index in [1.807, 2.05) is 4.98 Å². The molecule has 0 atom stereocenters. The maximum atomic E-state index is 12.5. The van der Waals surface area contributed by atoms with Crippen molar-refractivity contribution in [2.24, 2.45) is 5.92 Å². The topological polar surface area (TPSA) is 140 Å². The number of aromatic amines is 2. The molecule has 0 radical (unpaired) electrons. The fraction of sp³-hybridized carbons (Fsp3) is 0.545. The number of hydrogen-bond acceptors (Lipinski definition) is 5. The van der Waals surface area contributed by atoms with Gasteiger partial charge in [0.15, 0.2) is 4.90 Å². The number of piperidine rings is 1. The van der Waals surface area contributed by atoms with Gasteiger partial charge in [-0.25, -0.2) is 13.2 Å². The standard InChI is InChI=1S/C11H15N3O6S/c1-6-8(9(15)13-11(18)12-6)21(19,20)14-4-2-7(3-5-14)10(16)17/h7H,2-5H2,1H3,(H,16,17)(H2,12,13,15,18). The van der Waals surface area contributed by atoms with Crippen molar-refractivity contribution >= 4 is 16.0 Å². The van der Waals surface area contributed by atoms with Crippen molar-refractivity contribution in [2.75, 3.05) is 13.1 Å². The average Bonchev–Trinajstić information content (AvgIpc) is 2.37. The summed E-state index contributed by atoms with van der Waals surface area (Å²) in [6.45, 7) is 1.38. The largest absolute Gasteiger partial charge is 0.481 e. The number of nitrogens with zero attached hydrogens (tertiary/aromatic N) is 1. The van der Waals surface area contributed by atoms with Gasteiger partial charge in [-0.2, -0.15) is 4.31 Å². The minimum absolute atomic E-state index is 0.0251. The van der Waals surface area contributed by atoms with Gasteiger partial charge in [0.25, 0.3) is 5.56 Å². The molecule has 116 valence electrons. The third kappa shape index (κ3) is 2.90. The lowest BCUT2D eigenvalue weighted by molar-refractivity contribution is -0.142. The van der Waals surface area contributed by atoms with E-state index in [1.165, 1.54) is 6.92 Å². The number of sulfonamides is 1. The fourth-order valence-corrected chi connectivity index (χ4v) is 4.04. The maximum Gasteiger partial charge on any atom is 0.325 e. The molecular formula is C11H15N3O6S. The first kappa shape index (κ1) is 15.4. The molecule has 1 aliphatic rings. The number of rotatable bonds is 3. The molecule has 0 amide bonds. The van der Waals surface area contributed by atoms with Crippen LogP contribution in [0.15, 0.2) is 14.5 Å². The zero-order valence-electron chi connectivity index (χ0n) is 11.2. The molecule has 0 aliphatic carbocycles. The second-order valence-electron chi connectivity index (χ2n) is 4.88. The summed E-state index contributed by atoms with van der Waals surface area (Å²) in [6, 6.07) is 0. The number of H-pyrrole nitrogens is 2. The van der Waals surface area contributed by atoms with E-state index in [0.717, 1.165) is 4.31 Å². The summed E-state index contributed by atoms with van der Waals surface area (Å²) in [7, 11) is -4.06. The van der Waals surface area contributed by atoms with Gasteiger partial charge in [0.2, 0.25) is 10.0 Å². The van der Waals surface area contributed by atoms with Gasteiger partial charge in [-0.1, -0.05) is 0 Å². The molecule has 1 fully saturated rings. The number of carboxylic acids is 1. The first-order chi connectivity index (χ1) is 9.73. The molecule has 10 heteroatoms. The molecule has 9 nitrogen and oxygen atoms in total. The maximum absolute atomic E-state index is 12.5. The van der Waals surface area contributed by atoms with Crippen molar-refractivity contribution in [1.29, 1.82) is 0 Å². The first-order valence-electron chi connectivity index (χ1n) is 6.29. The lowest BCUT2D eigenvalue weighted by Crippen LogP contribution is -2.43. The number of carboxylic acid groups (broad SMARTS) is 1. The molecule has 0 aromatic carbocycles. The van der Waals surface area contributed by atoms with Crippen LogP contribution in [0.25, 0.3) is 0 Å². The van der Waals surface area contributed by atoms with Crippen LogP contribution in [0.3, 0.4) is 0 Å². The Morgan fingerprint density at radius 3 is 2.29 bits per heavy atom. The molecule has 1 aliphatic heterocycles. The van der Waals surface area contributed by atoms with Crippen LogP contribution in [0.2, 0.25) is 0 Å². The van der Waals surface area contributed by atoms with Crippen molar-refractivity contribution < 1.29 is 18.3 Å². The van der Waals surface area contributed by atoms with Gasteiger partial charge in [0, 0.05) is 18.8 Å². The van der Waals surface area contributed by atoms with E-state index >= 15 is 0 Å². The summed E-state index contributed by atoms with van der Waals surface area (Å²) in [5, 5.41) is 8.90. The summed E-state index contributed by atoms with van der Waals surface area (Å²) in [5.41, 5.74) is -1.79. The summed E-state index contributed by atoms with van der Waals surface area (Å²) >= 11 is 0. The number of hydrogen-bond donors (Lipinski definition) is 3. The van der Waals surface area contributed by atoms with Crippen LogP contribution in [0.1, 0.15) is 18.5 Å². The molecule has 2 rings (SSSR count). The molecule has 1 saturated heterocycles. The monoisotopic (exact) mass is 317 g/mol. The lowest BCUT2D eigenvalue weighted by atomic mass is 9.99. The highest BCUT2D eigenvalue weighted by Crippen LogP contribution is 2.23. The number of carbonyl (C=O) groups is 1. The summed E-state index contributed by atoms with van der Waals surface area (Å²) in [5.74, 6) is -1.53. The SMILES string of the molecule is Cc1[nH]c(=O)[nH]c(=O)c1S(=O)(=O)N1CCC(C(=O)O)CC1. The lowest BCUT2D eigenvalue weighted by Gasteiger charge is -2.29. The summed E-state index contributed by atoms with van der Waals surface area (Å²) < 4.78 is 26.0. The predicted molar refractivity (Wildman–Crippen MR) is 71.5 cm³/mol. The van der Waals surface area contributed by atoms with Gasteiger partial charge in [0.05, 0.1) is 5.92 Å². The van der Waals surface area contributed by atoms with E-state index < -0.39 is 38.1 Å². The smallest absolute Gasteiger partial charge is 0.325 e. The van der Waals surface area contributed by atoms with Crippen LogP contribution in [0.4, 0.5) is 0 Å². The van der Waals surface area contributed by atoms with Gasteiger partial charge < -0.3 is 10.1 Å². The molecule has 0 spiro atoms. The number of nitrogens with one attached hydrogen (secondary N) is 2. The number of aryl methyl sites for hydroxylation is 1. The van der Waals surface area contributed by atoms with Gasteiger partial charge in [-0.3, -0.25) is 14.6 Å².